The van der Waals surface area contributed by atoms with E-state index in [0.717, 1.165) is 12.4 Å². The summed E-state index contributed by atoms with van der Waals surface area (Å²) in [6, 6.07) is 3.30. The second-order valence-electron chi connectivity index (χ2n) is 3.94. The van der Waals surface area contributed by atoms with E-state index in [1.165, 1.54) is 0 Å². The maximum absolute atomic E-state index is 11.1. The number of carbonyl (C=O) groups excluding carboxylic acids is 1. The summed E-state index contributed by atoms with van der Waals surface area (Å²) in [5.74, 6) is 0.292. The quantitative estimate of drug-likeness (QED) is 0.727. The molecule has 1 aromatic rings. The van der Waals surface area contributed by atoms with Gasteiger partial charge in [-0.1, -0.05) is 0 Å². The van der Waals surface area contributed by atoms with Crippen molar-refractivity contribution >= 4 is 11.7 Å². The molecule has 0 spiro atoms. The molecule has 1 fully saturated rings. The second-order valence-corrected chi connectivity index (χ2v) is 3.94. The molecular weight excluding hydrogens is 220 g/mol. The van der Waals surface area contributed by atoms with Crippen LogP contribution in [0.5, 0.6) is 0 Å². The summed E-state index contributed by atoms with van der Waals surface area (Å²) < 4.78 is 5.47. The standard InChI is InChI=1S/C11H16N4O2/c12-6-9-7-15(3-4-17-9)10-5-8(11(13)16)1-2-14-10/h1-2,5,9H,3-4,6-7,12H2,(H2,13,16). The van der Waals surface area contributed by atoms with Gasteiger partial charge in [-0.2, -0.15) is 0 Å². The number of anilines is 1. The highest BCUT2D eigenvalue weighted by Gasteiger charge is 2.20. The van der Waals surface area contributed by atoms with Gasteiger partial charge < -0.3 is 21.1 Å². The first kappa shape index (κ1) is 11.8. The van der Waals surface area contributed by atoms with Gasteiger partial charge in [-0.05, 0) is 12.1 Å². The molecule has 1 saturated heterocycles. The molecule has 1 amide bonds. The number of ether oxygens (including phenoxy) is 1. The van der Waals surface area contributed by atoms with Crippen LogP contribution in [0.15, 0.2) is 18.3 Å². The molecule has 92 valence electrons. The van der Waals surface area contributed by atoms with Gasteiger partial charge in [-0.15, -0.1) is 0 Å². The summed E-state index contributed by atoms with van der Waals surface area (Å²) in [6.45, 7) is 2.52. The highest BCUT2D eigenvalue weighted by molar-refractivity contribution is 5.93. The summed E-state index contributed by atoms with van der Waals surface area (Å²) >= 11 is 0. The number of morpholine rings is 1. The predicted molar refractivity (Wildman–Crippen MR) is 63.8 cm³/mol. The SMILES string of the molecule is NCC1CN(c2cc(C(N)=O)ccn2)CCO1. The highest BCUT2D eigenvalue weighted by Crippen LogP contribution is 2.15. The van der Waals surface area contributed by atoms with Gasteiger partial charge in [-0.25, -0.2) is 4.98 Å². The van der Waals surface area contributed by atoms with Gasteiger partial charge in [0, 0.05) is 31.4 Å². The number of nitrogens with zero attached hydrogens (tertiary/aromatic N) is 2. The van der Waals surface area contributed by atoms with Crippen molar-refractivity contribution in [2.45, 2.75) is 6.10 Å². The van der Waals surface area contributed by atoms with Gasteiger partial charge in [0.1, 0.15) is 5.82 Å². The fraction of sp³-hybridized carbons (Fsp3) is 0.455. The molecule has 1 aliphatic heterocycles. The lowest BCUT2D eigenvalue weighted by Gasteiger charge is -2.33. The molecule has 0 saturated carbocycles. The number of carbonyl (C=O) groups is 1. The maximum Gasteiger partial charge on any atom is 0.248 e. The summed E-state index contributed by atoms with van der Waals surface area (Å²) in [6.07, 6.45) is 1.60. The van der Waals surface area contributed by atoms with Crippen LogP contribution in [0.1, 0.15) is 10.4 Å². The first-order valence-electron chi connectivity index (χ1n) is 5.53. The topological polar surface area (TPSA) is 94.5 Å². The Morgan fingerprint density at radius 2 is 2.47 bits per heavy atom. The number of pyridine rings is 1. The van der Waals surface area contributed by atoms with Gasteiger partial charge in [0.15, 0.2) is 0 Å². The minimum absolute atomic E-state index is 0.0165. The van der Waals surface area contributed by atoms with E-state index in [9.17, 15) is 4.79 Å². The van der Waals surface area contributed by atoms with Crippen molar-refractivity contribution in [3.8, 4) is 0 Å². The monoisotopic (exact) mass is 236 g/mol. The summed E-state index contributed by atoms with van der Waals surface area (Å²) in [7, 11) is 0. The zero-order chi connectivity index (χ0) is 12.3. The van der Waals surface area contributed by atoms with Crippen LogP contribution >= 0.6 is 0 Å². The molecule has 0 radical (unpaired) electrons. The van der Waals surface area contributed by atoms with Crippen LogP contribution in [-0.2, 0) is 4.74 Å². The van der Waals surface area contributed by atoms with Crippen LogP contribution in [0, 0.1) is 0 Å². The van der Waals surface area contributed by atoms with Crippen molar-refractivity contribution in [2.75, 3.05) is 31.1 Å². The fourth-order valence-corrected chi connectivity index (χ4v) is 1.81. The second kappa shape index (κ2) is 5.11. The van der Waals surface area contributed by atoms with E-state index in [4.69, 9.17) is 16.2 Å². The number of nitrogens with two attached hydrogens (primary N) is 2. The number of amides is 1. The normalized spacial score (nSPS) is 20.3. The van der Waals surface area contributed by atoms with Crippen molar-refractivity contribution in [1.82, 2.24) is 4.98 Å². The van der Waals surface area contributed by atoms with Gasteiger partial charge in [-0.3, -0.25) is 4.79 Å². The van der Waals surface area contributed by atoms with Crippen molar-refractivity contribution in [3.63, 3.8) is 0 Å². The largest absolute Gasteiger partial charge is 0.373 e. The lowest BCUT2D eigenvalue weighted by molar-refractivity contribution is 0.0463. The number of rotatable bonds is 3. The van der Waals surface area contributed by atoms with Crippen molar-refractivity contribution in [2.24, 2.45) is 11.5 Å². The van der Waals surface area contributed by atoms with E-state index in [2.05, 4.69) is 4.98 Å². The Hall–Kier alpha value is -1.66. The minimum atomic E-state index is -0.447. The number of aromatic nitrogens is 1. The summed E-state index contributed by atoms with van der Waals surface area (Å²) in [5.41, 5.74) is 11.3. The third kappa shape index (κ3) is 2.72. The summed E-state index contributed by atoms with van der Waals surface area (Å²) in [5, 5.41) is 0. The molecule has 4 N–H and O–H groups in total. The van der Waals surface area contributed by atoms with Crippen LogP contribution in [-0.4, -0.2) is 43.2 Å². The summed E-state index contributed by atoms with van der Waals surface area (Å²) in [4.78, 5) is 17.4. The number of primary amides is 1. The van der Waals surface area contributed by atoms with Crippen LogP contribution in [0.3, 0.4) is 0 Å². The first-order valence-corrected chi connectivity index (χ1v) is 5.53. The average molecular weight is 236 g/mol. The smallest absolute Gasteiger partial charge is 0.248 e. The molecular formula is C11H16N4O2. The Morgan fingerprint density at radius 3 is 3.18 bits per heavy atom. The molecule has 6 heteroatoms. The van der Waals surface area contributed by atoms with Crippen LogP contribution in [0.4, 0.5) is 5.82 Å². The third-order valence-electron chi connectivity index (χ3n) is 2.76. The van der Waals surface area contributed by atoms with E-state index in [1.54, 1.807) is 18.3 Å². The molecule has 1 aliphatic rings. The molecule has 0 aromatic carbocycles. The van der Waals surface area contributed by atoms with Gasteiger partial charge in [0.25, 0.3) is 0 Å². The molecule has 6 nitrogen and oxygen atoms in total. The van der Waals surface area contributed by atoms with Gasteiger partial charge in [0.2, 0.25) is 5.91 Å². The van der Waals surface area contributed by atoms with Crippen LogP contribution in [0.25, 0.3) is 0 Å². The number of hydrogen-bond donors (Lipinski definition) is 2. The van der Waals surface area contributed by atoms with E-state index >= 15 is 0 Å². The molecule has 2 heterocycles. The minimum Gasteiger partial charge on any atom is -0.373 e. The molecule has 1 atom stereocenters. The highest BCUT2D eigenvalue weighted by atomic mass is 16.5. The Labute approximate surface area is 99.5 Å². The molecule has 1 unspecified atom stereocenters. The zero-order valence-electron chi connectivity index (χ0n) is 9.50. The first-order chi connectivity index (χ1) is 8.20. The molecule has 0 bridgehead atoms. The Morgan fingerprint density at radius 1 is 1.65 bits per heavy atom. The third-order valence-corrected chi connectivity index (χ3v) is 2.76. The van der Waals surface area contributed by atoms with Crippen LogP contribution in [0.2, 0.25) is 0 Å². The van der Waals surface area contributed by atoms with Crippen molar-refractivity contribution in [1.29, 1.82) is 0 Å². The Balaban J connectivity index is 2.16. The van der Waals surface area contributed by atoms with Crippen molar-refractivity contribution < 1.29 is 9.53 Å². The van der Waals surface area contributed by atoms with E-state index in [0.29, 0.717) is 25.3 Å². The van der Waals surface area contributed by atoms with Crippen LogP contribution < -0.4 is 16.4 Å². The Bertz CT molecular complexity index is 410. The Kier molecular flexibility index (Phi) is 3.55. The van der Waals surface area contributed by atoms with Gasteiger partial charge in [0.05, 0.1) is 12.7 Å². The molecule has 17 heavy (non-hydrogen) atoms. The van der Waals surface area contributed by atoms with Gasteiger partial charge >= 0.3 is 0 Å². The fourth-order valence-electron chi connectivity index (χ4n) is 1.81. The zero-order valence-corrected chi connectivity index (χ0v) is 9.50. The van der Waals surface area contributed by atoms with Crippen molar-refractivity contribution in [3.05, 3.63) is 23.9 Å². The molecule has 2 rings (SSSR count). The average Bonchev–Trinajstić information content (AvgIpc) is 2.39. The van der Waals surface area contributed by atoms with E-state index in [-0.39, 0.29) is 6.10 Å². The van der Waals surface area contributed by atoms with E-state index in [1.807, 2.05) is 4.90 Å². The lowest BCUT2D eigenvalue weighted by Crippen LogP contribution is -2.46. The molecule has 1 aromatic heterocycles. The number of hydrogen-bond acceptors (Lipinski definition) is 5. The lowest BCUT2D eigenvalue weighted by atomic mass is 10.2. The van der Waals surface area contributed by atoms with E-state index < -0.39 is 5.91 Å². The predicted octanol–water partition coefficient (Wildman–Crippen LogP) is -0.656. The molecule has 0 aliphatic carbocycles. The maximum atomic E-state index is 11.1.